The lowest BCUT2D eigenvalue weighted by atomic mass is 9.94. The van der Waals surface area contributed by atoms with Gasteiger partial charge in [0.15, 0.2) is 0 Å². The predicted octanol–water partition coefficient (Wildman–Crippen LogP) is 3.38. The Kier molecular flexibility index (Phi) is 3.44. The van der Waals surface area contributed by atoms with Gasteiger partial charge in [-0.25, -0.2) is 9.18 Å². The average Bonchev–Trinajstić information content (AvgIpc) is 2.53. The van der Waals surface area contributed by atoms with Crippen LogP contribution in [0.3, 0.4) is 0 Å². The molecule has 0 saturated heterocycles. The van der Waals surface area contributed by atoms with Gasteiger partial charge in [-0.3, -0.25) is 0 Å². The zero-order chi connectivity index (χ0) is 14.8. The molecule has 0 aromatic heterocycles. The van der Waals surface area contributed by atoms with Crippen molar-refractivity contribution in [2.24, 2.45) is 0 Å². The number of ether oxygens (including phenoxy) is 1. The highest BCUT2D eigenvalue weighted by atomic mass is 19.1. The minimum Gasteiger partial charge on any atom is -0.466 e. The van der Waals surface area contributed by atoms with Crippen LogP contribution in [0.15, 0.2) is 54.1 Å². The maximum absolute atomic E-state index is 13.5. The van der Waals surface area contributed by atoms with Crippen LogP contribution in [0, 0.1) is 5.82 Å². The lowest BCUT2D eigenvalue weighted by molar-refractivity contribution is -0.136. The molecule has 0 saturated carbocycles. The summed E-state index contributed by atoms with van der Waals surface area (Å²) in [7, 11) is 1.35. The number of rotatable bonds is 2. The molecule has 1 aliphatic heterocycles. The number of anilines is 1. The van der Waals surface area contributed by atoms with Gasteiger partial charge in [0.05, 0.1) is 18.4 Å². The molecule has 1 heterocycles. The quantitative estimate of drug-likeness (QED) is 0.859. The molecule has 1 aliphatic rings. The first-order valence-corrected chi connectivity index (χ1v) is 6.61. The summed E-state index contributed by atoms with van der Waals surface area (Å²) in [6.45, 7) is 0. The Morgan fingerprint density at radius 2 is 2.00 bits per heavy atom. The summed E-state index contributed by atoms with van der Waals surface area (Å²) in [6.07, 6.45) is 0.460. The van der Waals surface area contributed by atoms with Gasteiger partial charge in [-0.15, -0.1) is 0 Å². The summed E-state index contributed by atoms with van der Waals surface area (Å²) in [5, 5.41) is 3.22. The van der Waals surface area contributed by atoms with Crippen molar-refractivity contribution in [3.8, 4) is 0 Å². The lowest BCUT2D eigenvalue weighted by Gasteiger charge is -2.23. The second-order valence-electron chi connectivity index (χ2n) is 4.81. The highest BCUT2D eigenvalue weighted by Crippen LogP contribution is 2.33. The van der Waals surface area contributed by atoms with Gasteiger partial charge in [-0.2, -0.15) is 0 Å². The van der Waals surface area contributed by atoms with E-state index in [0.717, 1.165) is 11.3 Å². The number of nitrogens with one attached hydrogen (secondary N) is 1. The molecule has 0 bridgehead atoms. The topological polar surface area (TPSA) is 38.3 Å². The van der Waals surface area contributed by atoms with Crippen LogP contribution in [0.4, 0.5) is 10.1 Å². The second-order valence-corrected chi connectivity index (χ2v) is 4.81. The first-order valence-electron chi connectivity index (χ1n) is 6.61. The largest absolute Gasteiger partial charge is 0.466 e. The van der Waals surface area contributed by atoms with E-state index in [2.05, 4.69) is 5.32 Å². The van der Waals surface area contributed by atoms with Crippen LogP contribution in [-0.2, 0) is 16.0 Å². The fraction of sp³-hybridized carbons (Fsp3) is 0.118. The number of hydrogen-bond donors (Lipinski definition) is 1. The van der Waals surface area contributed by atoms with E-state index in [4.69, 9.17) is 4.74 Å². The maximum Gasteiger partial charge on any atom is 0.336 e. The number of esters is 1. The van der Waals surface area contributed by atoms with Gasteiger partial charge < -0.3 is 10.1 Å². The predicted molar refractivity (Wildman–Crippen MR) is 79.1 cm³/mol. The van der Waals surface area contributed by atoms with E-state index in [1.165, 1.54) is 19.2 Å². The van der Waals surface area contributed by atoms with Crippen molar-refractivity contribution in [1.29, 1.82) is 0 Å². The number of carbonyl (C=O) groups is 1. The summed E-state index contributed by atoms with van der Waals surface area (Å²) in [5.74, 6) is -0.749. The number of para-hydroxylation sites is 1. The van der Waals surface area contributed by atoms with Gasteiger partial charge in [0.2, 0.25) is 0 Å². The number of benzene rings is 2. The Labute approximate surface area is 122 Å². The first kappa shape index (κ1) is 13.4. The Bertz CT molecular complexity index is 737. The molecule has 3 nitrogen and oxygen atoms in total. The highest BCUT2D eigenvalue weighted by molar-refractivity contribution is 6.02. The van der Waals surface area contributed by atoms with E-state index in [1.54, 1.807) is 12.1 Å². The summed E-state index contributed by atoms with van der Waals surface area (Å²) >= 11 is 0. The van der Waals surface area contributed by atoms with Gasteiger partial charge >= 0.3 is 5.97 Å². The molecule has 21 heavy (non-hydrogen) atoms. The maximum atomic E-state index is 13.5. The molecule has 0 aliphatic carbocycles. The molecule has 0 spiro atoms. The molecule has 4 heteroatoms. The van der Waals surface area contributed by atoms with Crippen LogP contribution >= 0.6 is 0 Å². The molecule has 3 rings (SSSR count). The van der Waals surface area contributed by atoms with Gasteiger partial charge in [0, 0.05) is 17.7 Å². The van der Waals surface area contributed by atoms with Crippen LogP contribution in [-0.4, -0.2) is 13.1 Å². The van der Waals surface area contributed by atoms with Crippen molar-refractivity contribution < 1.29 is 13.9 Å². The molecule has 106 valence electrons. The highest BCUT2D eigenvalue weighted by Gasteiger charge is 2.24. The Morgan fingerprint density at radius 3 is 2.76 bits per heavy atom. The Morgan fingerprint density at radius 1 is 1.19 bits per heavy atom. The standard InChI is InChI=1S/C17H14FNO2/c1-21-17(20)14-10-11-5-2-3-8-15(11)19-16(14)12-6-4-7-13(18)9-12/h2-9,19H,10H2,1H3. The Hall–Kier alpha value is -2.62. The third kappa shape index (κ3) is 2.52. The summed E-state index contributed by atoms with van der Waals surface area (Å²) in [4.78, 5) is 12.0. The second kappa shape index (κ2) is 5.40. The van der Waals surface area contributed by atoms with Gasteiger partial charge in [-0.1, -0.05) is 30.3 Å². The monoisotopic (exact) mass is 283 g/mol. The van der Waals surface area contributed by atoms with Crippen LogP contribution < -0.4 is 5.32 Å². The van der Waals surface area contributed by atoms with Crippen molar-refractivity contribution in [3.63, 3.8) is 0 Å². The van der Waals surface area contributed by atoms with Crippen molar-refractivity contribution >= 4 is 17.4 Å². The smallest absolute Gasteiger partial charge is 0.336 e. The molecule has 0 unspecified atom stereocenters. The molecule has 0 fully saturated rings. The minimum absolute atomic E-state index is 0.343. The first-order chi connectivity index (χ1) is 10.2. The molecule has 0 atom stereocenters. The Balaban J connectivity index is 2.12. The van der Waals surface area contributed by atoms with Crippen molar-refractivity contribution in [1.82, 2.24) is 0 Å². The van der Waals surface area contributed by atoms with Crippen molar-refractivity contribution in [2.45, 2.75) is 6.42 Å². The average molecular weight is 283 g/mol. The van der Waals surface area contributed by atoms with Crippen LogP contribution in [0.25, 0.3) is 5.70 Å². The normalized spacial score (nSPS) is 13.4. The number of hydrogen-bond acceptors (Lipinski definition) is 3. The zero-order valence-electron chi connectivity index (χ0n) is 11.5. The molecule has 0 radical (unpaired) electrons. The summed E-state index contributed by atoms with van der Waals surface area (Å²) in [6, 6.07) is 13.9. The number of methoxy groups -OCH3 is 1. The third-order valence-corrected chi connectivity index (χ3v) is 3.49. The molecule has 0 amide bonds. The fourth-order valence-corrected chi connectivity index (χ4v) is 2.47. The van der Waals surface area contributed by atoms with Gasteiger partial charge in [0.25, 0.3) is 0 Å². The van der Waals surface area contributed by atoms with Crippen molar-refractivity contribution in [2.75, 3.05) is 12.4 Å². The summed E-state index contributed by atoms with van der Waals surface area (Å²) in [5.41, 5.74) is 3.66. The molecule has 1 N–H and O–H groups in total. The fourth-order valence-electron chi connectivity index (χ4n) is 2.47. The molecule has 2 aromatic carbocycles. The number of halogens is 1. The number of carbonyl (C=O) groups excluding carboxylic acids is 1. The SMILES string of the molecule is COC(=O)C1=C(c2cccc(F)c2)Nc2ccccc2C1. The van der Waals surface area contributed by atoms with Crippen LogP contribution in [0.5, 0.6) is 0 Å². The number of fused-ring (bicyclic) bond motifs is 1. The van der Waals surface area contributed by atoms with Gasteiger partial charge in [0.1, 0.15) is 5.82 Å². The molecular formula is C17H14FNO2. The van der Waals surface area contributed by atoms with E-state index in [-0.39, 0.29) is 5.82 Å². The van der Waals surface area contributed by atoms with Crippen molar-refractivity contribution in [3.05, 3.63) is 71.0 Å². The van der Waals surface area contributed by atoms with E-state index in [9.17, 15) is 9.18 Å². The van der Waals surface area contributed by atoms with E-state index in [1.807, 2.05) is 24.3 Å². The third-order valence-electron chi connectivity index (χ3n) is 3.49. The van der Waals surface area contributed by atoms with E-state index < -0.39 is 5.97 Å². The van der Waals surface area contributed by atoms with E-state index >= 15 is 0 Å². The zero-order valence-corrected chi connectivity index (χ0v) is 11.5. The minimum atomic E-state index is -0.406. The lowest BCUT2D eigenvalue weighted by Crippen LogP contribution is -2.19. The van der Waals surface area contributed by atoms with Crippen LogP contribution in [0.2, 0.25) is 0 Å². The van der Waals surface area contributed by atoms with Crippen LogP contribution in [0.1, 0.15) is 11.1 Å². The summed E-state index contributed by atoms with van der Waals surface area (Å²) < 4.78 is 18.3. The molecule has 2 aromatic rings. The molecular weight excluding hydrogens is 269 g/mol. The van der Waals surface area contributed by atoms with Gasteiger partial charge in [-0.05, 0) is 23.8 Å². The van der Waals surface area contributed by atoms with E-state index in [0.29, 0.717) is 23.3 Å².